The van der Waals surface area contributed by atoms with Crippen LogP contribution in [0.25, 0.3) is 0 Å². The molecule has 1 amide bonds. The monoisotopic (exact) mass is 358 g/mol. The second-order valence-electron chi connectivity index (χ2n) is 9.28. The largest absolute Gasteiger partial charge is 0.376 e. The van der Waals surface area contributed by atoms with Gasteiger partial charge < -0.3 is 15.0 Å². The molecule has 0 aromatic carbocycles. The lowest BCUT2D eigenvalue weighted by Crippen LogP contribution is -2.44. The number of ether oxygens (including phenoxy) is 1. The number of aryl methyl sites for hydroxylation is 1. The van der Waals surface area contributed by atoms with E-state index in [4.69, 9.17) is 9.72 Å². The summed E-state index contributed by atoms with van der Waals surface area (Å²) in [5, 5.41) is 3.42. The Labute approximate surface area is 155 Å². The molecule has 0 unspecified atom stereocenters. The number of fused-ring (bicyclic) bond motifs is 2. The van der Waals surface area contributed by atoms with Gasteiger partial charge in [0.15, 0.2) is 0 Å². The van der Waals surface area contributed by atoms with E-state index in [1.807, 2.05) is 32.6 Å². The van der Waals surface area contributed by atoms with Gasteiger partial charge in [0.05, 0.1) is 24.3 Å². The third-order valence-electron chi connectivity index (χ3n) is 5.87. The van der Waals surface area contributed by atoms with Crippen LogP contribution in [0.5, 0.6) is 0 Å². The Morgan fingerprint density at radius 2 is 2.12 bits per heavy atom. The van der Waals surface area contributed by atoms with Crippen LogP contribution in [-0.4, -0.2) is 47.0 Å². The van der Waals surface area contributed by atoms with Crippen LogP contribution in [0.3, 0.4) is 0 Å². The maximum absolute atomic E-state index is 12.8. The van der Waals surface area contributed by atoms with E-state index in [2.05, 4.69) is 10.3 Å². The maximum atomic E-state index is 12.8. The van der Waals surface area contributed by atoms with Gasteiger partial charge in [-0.25, -0.2) is 9.97 Å². The fourth-order valence-corrected chi connectivity index (χ4v) is 4.09. The number of hydrogen-bond donors (Lipinski definition) is 1. The molecule has 0 radical (unpaired) electrons. The van der Waals surface area contributed by atoms with Crippen molar-refractivity contribution in [2.24, 2.45) is 11.3 Å². The summed E-state index contributed by atoms with van der Waals surface area (Å²) in [6.07, 6.45) is 3.51. The van der Waals surface area contributed by atoms with Gasteiger partial charge in [0.25, 0.3) is 0 Å². The highest BCUT2D eigenvalue weighted by Gasteiger charge is 2.48. The molecule has 1 aromatic heterocycles. The molecule has 3 aliphatic rings. The smallest absolute Gasteiger partial charge is 0.227 e. The Hall–Kier alpha value is -1.69. The number of nitrogens with one attached hydrogen (secondary N) is 1. The number of likely N-dealkylation sites (tertiary alicyclic amines) is 1. The van der Waals surface area contributed by atoms with Gasteiger partial charge in [-0.15, -0.1) is 0 Å². The van der Waals surface area contributed by atoms with E-state index in [0.717, 1.165) is 48.3 Å². The summed E-state index contributed by atoms with van der Waals surface area (Å²) < 4.78 is 5.94. The number of anilines is 1. The summed E-state index contributed by atoms with van der Waals surface area (Å²) in [6.45, 7) is 11.6. The fourth-order valence-electron chi connectivity index (χ4n) is 4.09. The summed E-state index contributed by atoms with van der Waals surface area (Å²) in [4.78, 5) is 24.3. The van der Waals surface area contributed by atoms with Gasteiger partial charge in [0, 0.05) is 36.3 Å². The summed E-state index contributed by atoms with van der Waals surface area (Å²) >= 11 is 0. The lowest BCUT2D eigenvalue weighted by Gasteiger charge is -2.35. The zero-order chi connectivity index (χ0) is 18.5. The van der Waals surface area contributed by atoms with E-state index in [1.165, 1.54) is 12.8 Å². The van der Waals surface area contributed by atoms with Crippen LogP contribution < -0.4 is 5.32 Å². The van der Waals surface area contributed by atoms with E-state index < -0.39 is 0 Å². The topological polar surface area (TPSA) is 67.4 Å². The van der Waals surface area contributed by atoms with Crippen molar-refractivity contribution in [1.29, 1.82) is 0 Å². The van der Waals surface area contributed by atoms with Crippen molar-refractivity contribution >= 4 is 11.9 Å². The first kappa shape index (κ1) is 17.7. The van der Waals surface area contributed by atoms with E-state index in [-0.39, 0.29) is 16.7 Å². The Bertz CT molecular complexity index is 723. The molecule has 1 atom stereocenters. The van der Waals surface area contributed by atoms with Gasteiger partial charge in [-0.05, 0) is 32.1 Å². The van der Waals surface area contributed by atoms with Crippen LogP contribution in [0, 0.1) is 18.3 Å². The molecule has 3 heterocycles. The van der Waals surface area contributed by atoms with Gasteiger partial charge in [0.2, 0.25) is 11.9 Å². The molecule has 2 fully saturated rings. The lowest BCUT2D eigenvalue weighted by atomic mass is 9.80. The molecule has 26 heavy (non-hydrogen) atoms. The number of aromatic nitrogens is 2. The molecule has 2 aliphatic heterocycles. The summed E-state index contributed by atoms with van der Waals surface area (Å²) in [5.41, 5.74) is 2.64. The number of nitrogens with zero attached hydrogens (tertiary/aromatic N) is 3. The minimum absolute atomic E-state index is 0.196. The normalized spacial score (nSPS) is 25.5. The minimum Gasteiger partial charge on any atom is -0.376 e. The third-order valence-corrected chi connectivity index (χ3v) is 5.87. The summed E-state index contributed by atoms with van der Waals surface area (Å²) in [6, 6.07) is 0. The van der Waals surface area contributed by atoms with Gasteiger partial charge in [0.1, 0.15) is 0 Å². The molecule has 1 saturated heterocycles. The van der Waals surface area contributed by atoms with E-state index in [1.54, 1.807) is 0 Å². The lowest BCUT2D eigenvalue weighted by molar-refractivity contribution is -0.138. The number of rotatable bonds is 3. The Kier molecular flexibility index (Phi) is 4.21. The first-order chi connectivity index (χ1) is 12.3. The van der Waals surface area contributed by atoms with Crippen molar-refractivity contribution in [2.75, 3.05) is 31.6 Å². The first-order valence-electron chi connectivity index (χ1n) is 9.77. The molecule has 1 saturated carbocycles. The molecule has 1 aliphatic carbocycles. The van der Waals surface area contributed by atoms with Crippen molar-refractivity contribution in [3.8, 4) is 0 Å². The van der Waals surface area contributed by atoms with Crippen molar-refractivity contribution in [1.82, 2.24) is 14.9 Å². The van der Waals surface area contributed by atoms with Crippen LogP contribution in [0.4, 0.5) is 5.95 Å². The van der Waals surface area contributed by atoms with Crippen molar-refractivity contribution in [2.45, 2.75) is 59.0 Å². The van der Waals surface area contributed by atoms with Crippen molar-refractivity contribution < 1.29 is 9.53 Å². The molecule has 1 aromatic rings. The van der Waals surface area contributed by atoms with E-state index in [0.29, 0.717) is 19.8 Å². The van der Waals surface area contributed by atoms with Crippen LogP contribution >= 0.6 is 0 Å². The zero-order valence-corrected chi connectivity index (χ0v) is 16.4. The summed E-state index contributed by atoms with van der Waals surface area (Å²) in [5.74, 6) is 1.72. The first-order valence-corrected chi connectivity index (χ1v) is 9.77. The summed E-state index contributed by atoms with van der Waals surface area (Å²) in [7, 11) is 0. The molecule has 1 spiro atoms. The molecular formula is C20H30N4O2. The number of carbonyl (C=O) groups is 1. The molecule has 6 heteroatoms. The Morgan fingerprint density at radius 1 is 1.35 bits per heavy atom. The molecule has 0 bridgehead atoms. The van der Waals surface area contributed by atoms with Crippen LogP contribution in [0.1, 0.15) is 57.0 Å². The van der Waals surface area contributed by atoms with Crippen LogP contribution in [0.15, 0.2) is 0 Å². The molecule has 142 valence electrons. The van der Waals surface area contributed by atoms with Crippen molar-refractivity contribution in [3.05, 3.63) is 17.0 Å². The molecule has 1 N–H and O–H groups in total. The minimum atomic E-state index is -0.359. The number of hydrogen-bond acceptors (Lipinski definition) is 5. The van der Waals surface area contributed by atoms with Crippen molar-refractivity contribution in [3.63, 3.8) is 0 Å². The second-order valence-corrected chi connectivity index (χ2v) is 9.28. The number of amides is 1. The predicted molar refractivity (Wildman–Crippen MR) is 100.0 cm³/mol. The predicted octanol–water partition coefficient (Wildman–Crippen LogP) is 2.65. The van der Waals surface area contributed by atoms with Gasteiger partial charge in [-0.2, -0.15) is 0 Å². The zero-order valence-electron chi connectivity index (χ0n) is 16.4. The van der Waals surface area contributed by atoms with Crippen LogP contribution in [-0.2, 0) is 21.6 Å². The standard InChI is InChI=1S/C20H30N4O2/c1-13-15-10-26-12-20(7-8-24(11-20)17(25)19(2,3)4)16(15)23-18(22-13)21-9-14-5-6-14/h14H,5-12H2,1-4H3,(H,21,22,23)/t20-/m0/s1. The average molecular weight is 358 g/mol. The maximum Gasteiger partial charge on any atom is 0.227 e. The van der Waals surface area contributed by atoms with Gasteiger partial charge >= 0.3 is 0 Å². The highest BCUT2D eigenvalue weighted by atomic mass is 16.5. The molecule has 6 nitrogen and oxygen atoms in total. The van der Waals surface area contributed by atoms with Gasteiger partial charge in [-0.3, -0.25) is 4.79 Å². The second kappa shape index (κ2) is 6.19. The van der Waals surface area contributed by atoms with Crippen LogP contribution in [0.2, 0.25) is 0 Å². The van der Waals surface area contributed by atoms with Gasteiger partial charge in [-0.1, -0.05) is 20.8 Å². The Balaban J connectivity index is 1.62. The molecule has 4 rings (SSSR count). The quantitative estimate of drug-likeness (QED) is 0.900. The number of carbonyl (C=O) groups excluding carboxylic acids is 1. The van der Waals surface area contributed by atoms with E-state index in [9.17, 15) is 4.79 Å². The SMILES string of the molecule is Cc1nc(NCC2CC2)nc2c1COC[C@@]21CCN(C(=O)C(C)(C)C)C1. The fraction of sp³-hybridized carbons (Fsp3) is 0.750. The average Bonchev–Trinajstić information content (AvgIpc) is 3.32. The molecular weight excluding hydrogens is 328 g/mol. The third kappa shape index (κ3) is 3.20. The highest BCUT2D eigenvalue weighted by molar-refractivity contribution is 5.82. The van der Waals surface area contributed by atoms with E-state index >= 15 is 0 Å². The Morgan fingerprint density at radius 3 is 2.81 bits per heavy atom. The highest BCUT2D eigenvalue weighted by Crippen LogP contribution is 2.41.